The molecule has 2 aromatic carbocycles. The average molecular weight is 356 g/mol. The Labute approximate surface area is 158 Å². The second-order valence-corrected chi connectivity index (χ2v) is 6.85. The van der Waals surface area contributed by atoms with Crippen molar-refractivity contribution in [2.45, 2.75) is 20.0 Å². The normalized spacial score (nSPS) is 15.9. The van der Waals surface area contributed by atoms with Gasteiger partial charge in [-0.25, -0.2) is 0 Å². The Kier molecular flexibility index (Phi) is 3.97. The summed E-state index contributed by atoms with van der Waals surface area (Å²) in [6, 6.07) is 19.5. The van der Waals surface area contributed by atoms with Crippen LogP contribution >= 0.6 is 0 Å². The lowest BCUT2D eigenvalue weighted by atomic mass is 10.0. The molecular weight excluding hydrogens is 336 g/mol. The molecular formula is C22H20N4O. The lowest BCUT2D eigenvalue weighted by molar-refractivity contribution is 0.0975. The number of carbonyl (C=O) groups is 1. The molecule has 1 aliphatic heterocycles. The third kappa shape index (κ3) is 2.67. The van der Waals surface area contributed by atoms with Gasteiger partial charge in [0.2, 0.25) is 0 Å². The number of aromatic nitrogens is 1. The van der Waals surface area contributed by atoms with Crippen molar-refractivity contribution in [2.75, 3.05) is 10.2 Å². The molecule has 0 fully saturated rings. The van der Waals surface area contributed by atoms with E-state index in [1.807, 2.05) is 80.1 Å². The number of nitrogens with one attached hydrogen (secondary N) is 1. The first-order chi connectivity index (χ1) is 13.0. The van der Waals surface area contributed by atoms with Crippen LogP contribution in [0.15, 0.2) is 54.6 Å². The van der Waals surface area contributed by atoms with Crippen molar-refractivity contribution in [3.63, 3.8) is 0 Å². The molecule has 0 radical (unpaired) electrons. The second kappa shape index (κ2) is 6.33. The summed E-state index contributed by atoms with van der Waals surface area (Å²) in [5.41, 5.74) is 5.80. The highest BCUT2D eigenvalue weighted by molar-refractivity contribution is 6.12. The van der Waals surface area contributed by atoms with E-state index in [0.29, 0.717) is 11.3 Å². The number of rotatable bonds is 2. The van der Waals surface area contributed by atoms with Crippen LogP contribution in [-0.4, -0.2) is 10.5 Å². The molecule has 0 unspecified atom stereocenters. The fourth-order valence-electron chi connectivity index (χ4n) is 3.62. The molecule has 0 spiro atoms. The van der Waals surface area contributed by atoms with E-state index < -0.39 is 0 Å². The Hall–Kier alpha value is -3.52. The first kappa shape index (κ1) is 16.9. The van der Waals surface area contributed by atoms with Gasteiger partial charge in [-0.3, -0.25) is 9.69 Å². The maximum atomic E-state index is 13.4. The molecule has 1 aromatic heterocycles. The number of nitrogens with zero attached hydrogens (tertiary/aromatic N) is 3. The number of carbonyl (C=O) groups excluding carboxylic acids is 1. The highest BCUT2D eigenvalue weighted by Gasteiger charge is 2.35. The number of hydrogen-bond acceptors (Lipinski definition) is 3. The summed E-state index contributed by atoms with van der Waals surface area (Å²) in [7, 11) is 1.87. The van der Waals surface area contributed by atoms with Crippen LogP contribution < -0.4 is 10.2 Å². The molecule has 27 heavy (non-hydrogen) atoms. The molecule has 1 amide bonds. The van der Waals surface area contributed by atoms with Gasteiger partial charge in [-0.2, -0.15) is 5.26 Å². The summed E-state index contributed by atoms with van der Waals surface area (Å²) in [6.07, 6.45) is -0.387. The maximum Gasteiger partial charge on any atom is 0.262 e. The van der Waals surface area contributed by atoms with Gasteiger partial charge in [0.1, 0.15) is 17.9 Å². The van der Waals surface area contributed by atoms with E-state index >= 15 is 0 Å². The number of anilines is 2. The summed E-state index contributed by atoms with van der Waals surface area (Å²) < 4.78 is 1.86. The van der Waals surface area contributed by atoms with E-state index in [0.717, 1.165) is 28.2 Å². The lowest BCUT2D eigenvalue weighted by Gasteiger charge is -2.38. The molecule has 0 saturated heterocycles. The molecule has 4 rings (SSSR count). The van der Waals surface area contributed by atoms with Crippen LogP contribution in [0, 0.1) is 25.2 Å². The van der Waals surface area contributed by atoms with Crippen molar-refractivity contribution in [1.82, 2.24) is 4.57 Å². The highest BCUT2D eigenvalue weighted by atomic mass is 16.2. The maximum absolute atomic E-state index is 13.4. The van der Waals surface area contributed by atoms with Crippen LogP contribution in [0.2, 0.25) is 0 Å². The monoisotopic (exact) mass is 356 g/mol. The van der Waals surface area contributed by atoms with Crippen molar-refractivity contribution < 1.29 is 4.79 Å². The molecule has 134 valence electrons. The Morgan fingerprint density at radius 2 is 1.85 bits per heavy atom. The number of aryl methyl sites for hydroxylation is 1. The molecule has 1 N–H and O–H groups in total. The van der Waals surface area contributed by atoms with E-state index in [-0.39, 0.29) is 12.1 Å². The summed E-state index contributed by atoms with van der Waals surface area (Å²) >= 11 is 0. The Morgan fingerprint density at radius 1 is 1.07 bits per heavy atom. The second-order valence-electron chi connectivity index (χ2n) is 6.85. The molecule has 1 atom stereocenters. The van der Waals surface area contributed by atoms with Gasteiger partial charge in [-0.05, 0) is 49.7 Å². The van der Waals surface area contributed by atoms with Crippen molar-refractivity contribution in [3.8, 4) is 6.07 Å². The Balaban J connectivity index is 1.92. The molecule has 5 heteroatoms. The van der Waals surface area contributed by atoms with Crippen molar-refractivity contribution in [3.05, 3.63) is 82.7 Å². The summed E-state index contributed by atoms with van der Waals surface area (Å²) in [4.78, 5) is 15.2. The fourth-order valence-corrected chi connectivity index (χ4v) is 3.62. The molecule has 0 aliphatic carbocycles. The first-order valence-electron chi connectivity index (χ1n) is 8.83. The minimum atomic E-state index is -0.387. The number of fused-ring (bicyclic) bond motifs is 1. The molecule has 3 aromatic rings. The van der Waals surface area contributed by atoms with Gasteiger partial charge in [0.15, 0.2) is 0 Å². The minimum Gasteiger partial charge on any atom is -0.360 e. The summed E-state index contributed by atoms with van der Waals surface area (Å²) in [5.74, 6) is -0.0540. The predicted octanol–water partition coefficient (Wildman–Crippen LogP) is 4.28. The van der Waals surface area contributed by atoms with E-state index in [4.69, 9.17) is 0 Å². The average Bonchev–Trinajstić information content (AvgIpc) is 2.96. The number of amides is 1. The van der Waals surface area contributed by atoms with Crippen LogP contribution in [-0.2, 0) is 7.05 Å². The first-order valence-corrected chi connectivity index (χ1v) is 8.83. The van der Waals surface area contributed by atoms with Gasteiger partial charge in [-0.15, -0.1) is 0 Å². The van der Waals surface area contributed by atoms with E-state index in [9.17, 15) is 10.1 Å². The van der Waals surface area contributed by atoms with Gasteiger partial charge in [0.25, 0.3) is 5.91 Å². The third-order valence-corrected chi connectivity index (χ3v) is 5.19. The van der Waals surface area contributed by atoms with Gasteiger partial charge in [0.05, 0.1) is 5.56 Å². The summed E-state index contributed by atoms with van der Waals surface area (Å²) in [5, 5.41) is 12.9. The number of hydrogen-bond donors (Lipinski definition) is 1. The number of para-hydroxylation sites is 1. The van der Waals surface area contributed by atoms with E-state index in [2.05, 4.69) is 11.4 Å². The van der Waals surface area contributed by atoms with Crippen molar-refractivity contribution in [1.29, 1.82) is 5.26 Å². The van der Waals surface area contributed by atoms with E-state index in [1.165, 1.54) is 0 Å². The standard InChI is InChI=1S/C22H20N4O/c1-14-7-6-8-16(11-14)26-21(19-12-17(13-23)25(3)15(19)2)24-20-10-5-4-9-18(20)22(26)27/h4-12,21,24H,1-3H3/t21-/m1/s1. The van der Waals surface area contributed by atoms with Crippen molar-refractivity contribution in [2.24, 2.45) is 7.05 Å². The lowest BCUT2D eigenvalue weighted by Crippen LogP contribution is -2.43. The topological polar surface area (TPSA) is 61.1 Å². The zero-order valence-corrected chi connectivity index (χ0v) is 15.5. The zero-order chi connectivity index (χ0) is 19.1. The summed E-state index contributed by atoms with van der Waals surface area (Å²) in [6.45, 7) is 3.98. The van der Waals surface area contributed by atoms with Gasteiger partial charge in [0, 0.05) is 29.7 Å². The molecule has 2 heterocycles. The van der Waals surface area contributed by atoms with Crippen LogP contribution in [0.4, 0.5) is 11.4 Å². The van der Waals surface area contributed by atoms with Crippen molar-refractivity contribution >= 4 is 17.3 Å². The fraction of sp³-hybridized carbons (Fsp3) is 0.182. The number of nitriles is 1. The SMILES string of the molecule is Cc1cccc(N2C(=O)c3ccccc3N[C@H]2c2cc(C#N)n(C)c2C)c1. The van der Waals surface area contributed by atoms with E-state index in [1.54, 1.807) is 4.90 Å². The van der Waals surface area contributed by atoms with Crippen LogP contribution in [0.25, 0.3) is 0 Å². The van der Waals surface area contributed by atoms with Crippen LogP contribution in [0.3, 0.4) is 0 Å². The number of benzene rings is 2. The highest BCUT2D eigenvalue weighted by Crippen LogP contribution is 2.38. The molecule has 0 bridgehead atoms. The minimum absolute atomic E-state index is 0.0540. The van der Waals surface area contributed by atoms with Gasteiger partial charge in [-0.1, -0.05) is 24.3 Å². The quantitative estimate of drug-likeness (QED) is 0.745. The van der Waals surface area contributed by atoms with Gasteiger partial charge < -0.3 is 9.88 Å². The molecule has 5 nitrogen and oxygen atoms in total. The largest absolute Gasteiger partial charge is 0.360 e. The smallest absolute Gasteiger partial charge is 0.262 e. The third-order valence-electron chi connectivity index (χ3n) is 5.19. The predicted molar refractivity (Wildman–Crippen MR) is 106 cm³/mol. The van der Waals surface area contributed by atoms with Crippen LogP contribution in [0.1, 0.15) is 39.0 Å². The Bertz CT molecular complexity index is 1090. The molecule has 1 aliphatic rings. The molecule has 0 saturated carbocycles. The van der Waals surface area contributed by atoms with Gasteiger partial charge >= 0.3 is 0 Å². The zero-order valence-electron chi connectivity index (χ0n) is 15.5. The van der Waals surface area contributed by atoms with Crippen LogP contribution in [0.5, 0.6) is 0 Å². The Morgan fingerprint density at radius 3 is 2.56 bits per heavy atom.